The van der Waals surface area contributed by atoms with Crippen LogP contribution in [0, 0.1) is 23.5 Å². The van der Waals surface area contributed by atoms with E-state index in [1.807, 2.05) is 0 Å². The second-order valence-corrected chi connectivity index (χ2v) is 2.23. The first-order valence-electron chi connectivity index (χ1n) is 3.22. The molecule has 3 nitrogen and oxygen atoms in total. The predicted molar refractivity (Wildman–Crippen MR) is 32.5 cm³/mol. The molecule has 0 aliphatic heterocycles. The highest BCUT2D eigenvalue weighted by Crippen LogP contribution is 2.18. The van der Waals surface area contributed by atoms with E-state index >= 15 is 0 Å². The molecule has 0 fully saturated rings. The minimum Gasteiger partial charge on any atom is -0.263 e. The molecule has 1 aromatic rings. The number of aromatic nitrogens is 1. The van der Waals surface area contributed by atoms with E-state index in [1.165, 1.54) is 0 Å². The van der Waals surface area contributed by atoms with Crippen molar-refractivity contribution in [3.05, 3.63) is 29.1 Å². The Morgan fingerprint density at radius 2 is 1.40 bits per heavy atom. The van der Waals surface area contributed by atoms with Crippen LogP contribution in [0.5, 0.6) is 0 Å². The Labute approximate surface area is 77.8 Å². The first-order chi connectivity index (χ1) is 6.86. The van der Waals surface area contributed by atoms with Gasteiger partial charge in [-0.25, -0.2) is 8.78 Å². The Balaban J connectivity index is 3.46. The summed E-state index contributed by atoms with van der Waals surface area (Å²) in [4.78, 5) is 12.5. The molecule has 1 amide bonds. The fourth-order valence-electron chi connectivity index (χ4n) is 0.759. The fourth-order valence-corrected chi connectivity index (χ4v) is 0.759. The quantitative estimate of drug-likeness (QED) is 0.419. The summed E-state index contributed by atoms with van der Waals surface area (Å²) in [6, 6.07) is 0. The predicted octanol–water partition coefficient (Wildman–Crippen LogP) is 1.85. The van der Waals surface area contributed by atoms with Crippen LogP contribution in [-0.4, -0.2) is 16.2 Å². The molecule has 0 N–H and O–H groups in total. The van der Waals surface area contributed by atoms with Gasteiger partial charge in [-0.15, -0.1) is 0 Å². The van der Waals surface area contributed by atoms with Gasteiger partial charge in [-0.2, -0.15) is 13.8 Å². The number of nitrogens with zero attached hydrogens (tertiary/aromatic N) is 2. The number of hydrogen-bond acceptors (Lipinski definition) is 2. The highest BCUT2D eigenvalue weighted by molar-refractivity contribution is 5.93. The average molecular weight is 230 g/mol. The van der Waals surface area contributed by atoms with Crippen molar-refractivity contribution in [2.75, 3.05) is 0 Å². The molecule has 0 spiro atoms. The third-order valence-corrected chi connectivity index (χ3v) is 1.36. The van der Waals surface area contributed by atoms with Crippen LogP contribution < -0.4 is 0 Å². The van der Waals surface area contributed by atoms with Crippen LogP contribution >= 0.6 is 0 Å². The van der Waals surface area contributed by atoms with E-state index in [9.17, 15) is 31.3 Å². The summed E-state index contributed by atoms with van der Waals surface area (Å²) in [6.07, 6.45) is 0. The summed E-state index contributed by atoms with van der Waals surface area (Å²) in [5, 5.41) is -2.21. The monoisotopic (exact) mass is 230 g/mol. The molecule has 82 valence electrons. The molecule has 0 bridgehead atoms. The Bertz CT molecular complexity index is 394. The van der Waals surface area contributed by atoms with Gasteiger partial charge in [0.25, 0.3) is 11.9 Å². The molecule has 0 aliphatic carbocycles. The Morgan fingerprint density at radius 1 is 1.00 bits per heavy atom. The van der Waals surface area contributed by atoms with E-state index in [-0.39, 0.29) is 0 Å². The second kappa shape index (κ2) is 3.75. The molecule has 0 atom stereocenters. The molecular weight excluding hydrogens is 230 g/mol. The highest BCUT2D eigenvalue weighted by atomic mass is 19.4. The van der Waals surface area contributed by atoms with Gasteiger partial charge < -0.3 is 0 Å². The normalized spacial score (nSPS) is 10.3. The van der Waals surface area contributed by atoms with E-state index in [2.05, 4.69) is 4.98 Å². The van der Waals surface area contributed by atoms with E-state index in [4.69, 9.17) is 0 Å². The lowest BCUT2D eigenvalue weighted by Gasteiger charge is -2.04. The van der Waals surface area contributed by atoms with Crippen LogP contribution in [0.2, 0.25) is 0 Å². The van der Waals surface area contributed by atoms with Gasteiger partial charge in [0.2, 0.25) is 0 Å². The largest absolute Gasteiger partial charge is 0.320 e. The molecule has 1 rings (SSSR count). The molecular formula is C6F6N2O. The highest BCUT2D eigenvalue weighted by Gasteiger charge is 2.30. The summed E-state index contributed by atoms with van der Waals surface area (Å²) in [6.45, 7) is 0. The lowest BCUT2D eigenvalue weighted by atomic mass is 10.2. The third-order valence-electron chi connectivity index (χ3n) is 1.36. The lowest BCUT2D eigenvalue weighted by molar-refractivity contribution is -0.109. The summed E-state index contributed by atoms with van der Waals surface area (Å²) in [5.41, 5.74) is -2.04. The van der Waals surface area contributed by atoms with Crippen molar-refractivity contribution in [2.24, 2.45) is 0 Å². The number of carbonyl (C=O) groups excluding carboxylic acids is 1. The molecule has 0 aliphatic rings. The molecule has 1 aromatic heterocycles. The van der Waals surface area contributed by atoms with Gasteiger partial charge in [0.15, 0.2) is 11.6 Å². The van der Waals surface area contributed by atoms with Crippen molar-refractivity contribution < 1.29 is 31.3 Å². The van der Waals surface area contributed by atoms with Crippen molar-refractivity contribution in [3.8, 4) is 0 Å². The van der Waals surface area contributed by atoms with Crippen LogP contribution in [0.15, 0.2) is 0 Å². The molecule has 0 aromatic carbocycles. The summed E-state index contributed by atoms with van der Waals surface area (Å²) in [7, 11) is 0. The number of pyridine rings is 1. The van der Waals surface area contributed by atoms with Gasteiger partial charge in [-0.3, -0.25) is 4.79 Å². The number of amides is 1. The van der Waals surface area contributed by atoms with Crippen LogP contribution in [0.3, 0.4) is 0 Å². The smallest absolute Gasteiger partial charge is 0.263 e. The SMILES string of the molecule is O=C(c1c(F)c(F)nc(F)c1F)N(F)F. The molecule has 1 heterocycles. The van der Waals surface area contributed by atoms with Crippen molar-refractivity contribution in [1.29, 1.82) is 0 Å². The minimum atomic E-state index is -2.51. The van der Waals surface area contributed by atoms with Crippen molar-refractivity contribution >= 4 is 5.91 Å². The van der Waals surface area contributed by atoms with Crippen molar-refractivity contribution in [1.82, 2.24) is 10.3 Å². The van der Waals surface area contributed by atoms with Gasteiger partial charge in [0.05, 0.1) is 0 Å². The zero-order valence-electron chi connectivity index (χ0n) is 6.57. The van der Waals surface area contributed by atoms with Crippen LogP contribution in [0.25, 0.3) is 0 Å². The molecule has 0 saturated carbocycles. The molecule has 0 radical (unpaired) electrons. The third kappa shape index (κ3) is 1.85. The maximum Gasteiger partial charge on any atom is 0.320 e. The number of halogens is 6. The summed E-state index contributed by atoms with van der Waals surface area (Å²) >= 11 is 0. The minimum absolute atomic E-state index is 2.04. The molecule has 15 heavy (non-hydrogen) atoms. The lowest BCUT2D eigenvalue weighted by Crippen LogP contribution is -2.20. The fraction of sp³-hybridized carbons (Fsp3) is 0. The summed E-state index contributed by atoms with van der Waals surface area (Å²) < 4.78 is 73.2. The number of rotatable bonds is 1. The number of hydrogen-bond donors (Lipinski definition) is 0. The van der Waals surface area contributed by atoms with Crippen LogP contribution in [0.1, 0.15) is 10.4 Å². The zero-order valence-corrected chi connectivity index (χ0v) is 6.57. The van der Waals surface area contributed by atoms with Gasteiger partial charge in [0.1, 0.15) is 5.56 Å². The molecule has 9 heteroatoms. The Kier molecular flexibility index (Phi) is 2.82. The van der Waals surface area contributed by atoms with Crippen molar-refractivity contribution in [3.63, 3.8) is 0 Å². The van der Waals surface area contributed by atoms with Gasteiger partial charge in [-0.05, 0) is 0 Å². The standard InChI is InChI=1S/C6F6N2O/c7-2-1(6(15)14(11)12)3(8)5(10)13-4(2)9. The maximum absolute atomic E-state index is 12.6. The Hall–Kier alpha value is -1.80. The van der Waals surface area contributed by atoms with E-state index in [0.29, 0.717) is 0 Å². The van der Waals surface area contributed by atoms with E-state index in [0.717, 1.165) is 0 Å². The van der Waals surface area contributed by atoms with Gasteiger partial charge in [-0.1, -0.05) is 8.96 Å². The summed E-state index contributed by atoms with van der Waals surface area (Å²) in [5.74, 6) is -11.4. The topological polar surface area (TPSA) is 33.2 Å². The maximum atomic E-state index is 12.6. The molecule has 0 unspecified atom stereocenters. The first kappa shape index (κ1) is 11.3. The van der Waals surface area contributed by atoms with Crippen LogP contribution in [0.4, 0.5) is 26.5 Å². The van der Waals surface area contributed by atoms with E-state index < -0.39 is 40.3 Å². The second-order valence-electron chi connectivity index (χ2n) is 2.23. The van der Waals surface area contributed by atoms with Gasteiger partial charge >= 0.3 is 5.91 Å². The van der Waals surface area contributed by atoms with Crippen molar-refractivity contribution in [2.45, 2.75) is 0 Å². The first-order valence-corrected chi connectivity index (χ1v) is 3.22. The average Bonchev–Trinajstić information content (AvgIpc) is 2.15. The van der Waals surface area contributed by atoms with Gasteiger partial charge in [0, 0.05) is 5.34 Å². The Morgan fingerprint density at radius 3 is 1.73 bits per heavy atom. The molecule has 0 saturated heterocycles. The van der Waals surface area contributed by atoms with E-state index in [1.54, 1.807) is 0 Å². The number of carbonyl (C=O) groups is 1. The van der Waals surface area contributed by atoms with Crippen LogP contribution in [-0.2, 0) is 0 Å². The zero-order chi connectivity index (χ0) is 11.7.